The van der Waals surface area contributed by atoms with Crippen molar-refractivity contribution in [2.45, 2.75) is 57.8 Å². The highest BCUT2D eigenvalue weighted by Gasteiger charge is 2.37. The topological polar surface area (TPSA) is 90.2 Å². The quantitative estimate of drug-likeness (QED) is 0.659. The average Bonchev–Trinajstić information content (AvgIpc) is 2.76. The maximum Gasteiger partial charge on any atom is 0.303 e. The standard InChI is InChI=1S/C14H22N2O3/c15-8-4-1-5-9-16-12(17)10-14(11-13(18)19)6-2-3-7-14/h1-7,9-11H2,(H,16,17)(H,18,19). The number of carboxylic acid groups (broad SMARTS) is 1. The van der Waals surface area contributed by atoms with Crippen molar-refractivity contribution >= 4 is 11.9 Å². The van der Waals surface area contributed by atoms with E-state index in [-0.39, 0.29) is 17.7 Å². The number of nitrogens with one attached hydrogen (secondary N) is 1. The van der Waals surface area contributed by atoms with Crippen molar-refractivity contribution in [1.29, 1.82) is 5.26 Å². The van der Waals surface area contributed by atoms with Crippen LogP contribution in [0.2, 0.25) is 0 Å². The van der Waals surface area contributed by atoms with Crippen molar-refractivity contribution in [2.75, 3.05) is 6.54 Å². The highest BCUT2D eigenvalue weighted by Crippen LogP contribution is 2.43. The molecule has 1 fully saturated rings. The Morgan fingerprint density at radius 3 is 2.47 bits per heavy atom. The van der Waals surface area contributed by atoms with E-state index in [1.165, 1.54) is 0 Å². The van der Waals surface area contributed by atoms with Crippen molar-refractivity contribution in [2.24, 2.45) is 5.41 Å². The summed E-state index contributed by atoms with van der Waals surface area (Å²) in [5.74, 6) is -0.871. The predicted octanol–water partition coefficient (Wildman–Crippen LogP) is 2.22. The molecule has 0 atom stereocenters. The van der Waals surface area contributed by atoms with Gasteiger partial charge in [0.2, 0.25) is 5.91 Å². The van der Waals surface area contributed by atoms with Crippen LogP contribution >= 0.6 is 0 Å². The molecule has 0 bridgehead atoms. The fourth-order valence-electron chi connectivity index (χ4n) is 2.82. The normalized spacial score (nSPS) is 16.8. The van der Waals surface area contributed by atoms with Crippen LogP contribution in [-0.2, 0) is 9.59 Å². The van der Waals surface area contributed by atoms with Crippen molar-refractivity contribution < 1.29 is 14.7 Å². The number of amides is 1. The van der Waals surface area contributed by atoms with Gasteiger partial charge in [0.1, 0.15) is 0 Å². The minimum absolute atomic E-state index is 0.0555. The number of aliphatic carboxylic acids is 1. The highest BCUT2D eigenvalue weighted by atomic mass is 16.4. The summed E-state index contributed by atoms with van der Waals surface area (Å²) in [7, 11) is 0. The third-order valence-electron chi connectivity index (χ3n) is 3.76. The maximum atomic E-state index is 11.8. The molecule has 0 spiro atoms. The Kier molecular flexibility index (Phi) is 6.34. The number of hydrogen-bond donors (Lipinski definition) is 2. The van der Waals surface area contributed by atoms with E-state index in [9.17, 15) is 9.59 Å². The molecule has 0 unspecified atom stereocenters. The summed E-state index contributed by atoms with van der Waals surface area (Å²) >= 11 is 0. The molecule has 0 aromatic rings. The lowest BCUT2D eigenvalue weighted by atomic mass is 9.79. The molecule has 5 nitrogen and oxygen atoms in total. The van der Waals surface area contributed by atoms with Crippen LogP contribution in [0, 0.1) is 16.7 Å². The first-order chi connectivity index (χ1) is 9.08. The summed E-state index contributed by atoms with van der Waals surface area (Å²) in [6.45, 7) is 0.573. The Labute approximate surface area is 114 Å². The van der Waals surface area contributed by atoms with Crippen LogP contribution in [0.1, 0.15) is 57.8 Å². The lowest BCUT2D eigenvalue weighted by Gasteiger charge is -2.26. The molecule has 0 heterocycles. The molecule has 0 aliphatic heterocycles. The summed E-state index contributed by atoms with van der Waals surface area (Å²) in [6, 6.07) is 2.06. The summed E-state index contributed by atoms with van der Waals surface area (Å²) < 4.78 is 0. The number of nitriles is 1. The predicted molar refractivity (Wildman–Crippen MR) is 70.2 cm³/mol. The van der Waals surface area contributed by atoms with E-state index in [1.54, 1.807) is 0 Å². The van der Waals surface area contributed by atoms with E-state index >= 15 is 0 Å². The smallest absolute Gasteiger partial charge is 0.303 e. The number of carbonyl (C=O) groups excluding carboxylic acids is 1. The zero-order chi connectivity index (χ0) is 14.1. The second kappa shape index (κ2) is 7.78. The van der Waals surface area contributed by atoms with Gasteiger partial charge in [0.15, 0.2) is 0 Å². The number of rotatable bonds is 8. The van der Waals surface area contributed by atoms with Gasteiger partial charge in [0.25, 0.3) is 0 Å². The Bertz CT molecular complexity index is 354. The van der Waals surface area contributed by atoms with E-state index in [2.05, 4.69) is 11.4 Å². The largest absolute Gasteiger partial charge is 0.481 e. The zero-order valence-electron chi connectivity index (χ0n) is 11.3. The lowest BCUT2D eigenvalue weighted by molar-refractivity contribution is -0.140. The van der Waals surface area contributed by atoms with Crippen LogP contribution in [0.5, 0.6) is 0 Å². The second-order valence-electron chi connectivity index (χ2n) is 5.42. The summed E-state index contributed by atoms with van der Waals surface area (Å²) in [5, 5.41) is 20.2. The van der Waals surface area contributed by atoms with Gasteiger partial charge in [-0.05, 0) is 31.1 Å². The van der Waals surface area contributed by atoms with E-state index in [0.717, 1.165) is 38.5 Å². The van der Waals surface area contributed by atoms with Gasteiger partial charge in [-0.1, -0.05) is 12.8 Å². The van der Waals surface area contributed by atoms with Crippen LogP contribution in [0.15, 0.2) is 0 Å². The molecule has 0 saturated heterocycles. The number of nitrogens with zero attached hydrogens (tertiary/aromatic N) is 1. The first-order valence-electron chi connectivity index (χ1n) is 6.93. The molecule has 1 aliphatic carbocycles. The van der Waals surface area contributed by atoms with Gasteiger partial charge in [0, 0.05) is 19.4 Å². The molecule has 1 rings (SSSR count). The van der Waals surface area contributed by atoms with Crippen LogP contribution in [0.3, 0.4) is 0 Å². The van der Waals surface area contributed by atoms with Gasteiger partial charge in [-0.25, -0.2) is 0 Å². The van der Waals surface area contributed by atoms with Crippen LogP contribution in [0.4, 0.5) is 0 Å². The molecule has 1 saturated carbocycles. The zero-order valence-corrected chi connectivity index (χ0v) is 11.3. The second-order valence-corrected chi connectivity index (χ2v) is 5.42. The van der Waals surface area contributed by atoms with Gasteiger partial charge in [-0.3, -0.25) is 9.59 Å². The van der Waals surface area contributed by atoms with Gasteiger partial charge >= 0.3 is 5.97 Å². The van der Waals surface area contributed by atoms with Crippen molar-refractivity contribution in [3.63, 3.8) is 0 Å². The Morgan fingerprint density at radius 1 is 1.21 bits per heavy atom. The molecular weight excluding hydrogens is 244 g/mol. The monoisotopic (exact) mass is 266 g/mol. The molecule has 0 radical (unpaired) electrons. The van der Waals surface area contributed by atoms with Crippen molar-refractivity contribution in [1.82, 2.24) is 5.32 Å². The molecule has 0 aromatic carbocycles. The Balaban J connectivity index is 2.32. The number of carboxylic acids is 1. The Morgan fingerprint density at radius 2 is 1.89 bits per heavy atom. The van der Waals surface area contributed by atoms with E-state index in [4.69, 9.17) is 10.4 Å². The summed E-state index contributed by atoms with van der Waals surface area (Å²) in [5.41, 5.74) is -0.331. The van der Waals surface area contributed by atoms with Gasteiger partial charge < -0.3 is 10.4 Å². The van der Waals surface area contributed by atoms with Gasteiger partial charge in [-0.15, -0.1) is 0 Å². The third kappa shape index (κ3) is 5.73. The maximum absolute atomic E-state index is 11.8. The molecule has 106 valence electrons. The minimum Gasteiger partial charge on any atom is -0.481 e. The number of hydrogen-bond acceptors (Lipinski definition) is 3. The molecule has 5 heteroatoms. The molecular formula is C14H22N2O3. The van der Waals surface area contributed by atoms with E-state index < -0.39 is 5.97 Å². The first kappa shape index (κ1) is 15.5. The molecule has 1 aliphatic rings. The highest BCUT2D eigenvalue weighted by molar-refractivity contribution is 5.78. The molecule has 0 aromatic heterocycles. The van der Waals surface area contributed by atoms with Crippen LogP contribution in [-0.4, -0.2) is 23.5 Å². The van der Waals surface area contributed by atoms with Gasteiger partial charge in [-0.2, -0.15) is 5.26 Å². The van der Waals surface area contributed by atoms with E-state index in [0.29, 0.717) is 19.4 Å². The minimum atomic E-state index is -0.816. The van der Waals surface area contributed by atoms with Crippen molar-refractivity contribution in [3.8, 4) is 6.07 Å². The number of carbonyl (C=O) groups is 2. The average molecular weight is 266 g/mol. The third-order valence-corrected chi connectivity index (χ3v) is 3.76. The SMILES string of the molecule is N#CCCCCNC(=O)CC1(CC(=O)O)CCCC1. The first-order valence-corrected chi connectivity index (χ1v) is 6.93. The van der Waals surface area contributed by atoms with Crippen LogP contribution < -0.4 is 5.32 Å². The number of unbranched alkanes of at least 4 members (excludes halogenated alkanes) is 2. The van der Waals surface area contributed by atoms with E-state index in [1.807, 2.05) is 0 Å². The van der Waals surface area contributed by atoms with Crippen LogP contribution in [0.25, 0.3) is 0 Å². The van der Waals surface area contributed by atoms with Crippen molar-refractivity contribution in [3.05, 3.63) is 0 Å². The Hall–Kier alpha value is -1.57. The summed E-state index contributed by atoms with van der Waals surface area (Å²) in [4.78, 5) is 22.8. The molecule has 2 N–H and O–H groups in total. The lowest BCUT2D eigenvalue weighted by Crippen LogP contribution is -2.32. The fraction of sp³-hybridized carbons (Fsp3) is 0.786. The molecule has 19 heavy (non-hydrogen) atoms. The molecule has 1 amide bonds. The fourth-order valence-corrected chi connectivity index (χ4v) is 2.82. The van der Waals surface area contributed by atoms with Gasteiger partial charge in [0.05, 0.1) is 12.5 Å². The summed E-state index contributed by atoms with van der Waals surface area (Å²) in [6.07, 6.45) is 6.21.